The van der Waals surface area contributed by atoms with Crippen molar-refractivity contribution < 1.29 is 9.84 Å². The second-order valence-corrected chi connectivity index (χ2v) is 8.80. The molecule has 0 amide bonds. The van der Waals surface area contributed by atoms with Crippen molar-refractivity contribution in [1.29, 1.82) is 0 Å². The Morgan fingerprint density at radius 1 is 1.03 bits per heavy atom. The van der Waals surface area contributed by atoms with Crippen LogP contribution in [-0.2, 0) is 4.74 Å². The second-order valence-electron chi connectivity index (χ2n) is 8.80. The van der Waals surface area contributed by atoms with Gasteiger partial charge in [-0.15, -0.1) is 0 Å². The first-order chi connectivity index (χ1) is 15.7. The van der Waals surface area contributed by atoms with Crippen LogP contribution in [-0.4, -0.2) is 48.8 Å². The van der Waals surface area contributed by atoms with Crippen LogP contribution in [0.3, 0.4) is 0 Å². The highest BCUT2D eigenvalue weighted by Gasteiger charge is 2.29. The van der Waals surface area contributed by atoms with Crippen LogP contribution in [0.4, 0.5) is 5.82 Å². The number of fused-ring (bicyclic) bond motifs is 1. The Labute approximate surface area is 185 Å². The number of rotatable bonds is 4. The summed E-state index contributed by atoms with van der Waals surface area (Å²) in [4.78, 5) is 4.27. The first-order valence-electron chi connectivity index (χ1n) is 11.2. The van der Waals surface area contributed by atoms with Gasteiger partial charge in [-0.1, -0.05) is 18.2 Å². The number of aliphatic hydroxyl groups is 1. The van der Waals surface area contributed by atoms with Gasteiger partial charge in [0.1, 0.15) is 11.8 Å². The number of aliphatic hydroxyl groups excluding tert-OH is 1. The maximum atomic E-state index is 9.73. The van der Waals surface area contributed by atoms with E-state index in [0.717, 1.165) is 66.9 Å². The normalized spacial score (nSPS) is 21.7. The maximum Gasteiger partial charge on any atom is 0.152 e. The van der Waals surface area contributed by atoms with Crippen molar-refractivity contribution in [2.45, 2.75) is 43.7 Å². The molecule has 1 aliphatic heterocycles. The summed E-state index contributed by atoms with van der Waals surface area (Å²) in [5, 5.41) is 18.9. The first-order valence-corrected chi connectivity index (χ1v) is 11.2. The summed E-state index contributed by atoms with van der Waals surface area (Å²) in [6.07, 6.45) is 6.69. The zero-order valence-corrected chi connectivity index (χ0v) is 17.8. The van der Waals surface area contributed by atoms with Crippen LogP contribution >= 0.6 is 0 Å². The van der Waals surface area contributed by atoms with Crippen molar-refractivity contribution in [2.75, 3.05) is 18.9 Å². The van der Waals surface area contributed by atoms with Crippen molar-refractivity contribution >= 4 is 11.3 Å². The smallest absolute Gasteiger partial charge is 0.152 e. The van der Waals surface area contributed by atoms with Gasteiger partial charge in [0.15, 0.2) is 5.82 Å². The molecular formula is C24H26N6O2. The van der Waals surface area contributed by atoms with E-state index in [4.69, 9.17) is 10.5 Å². The molecule has 6 rings (SSSR count). The molecule has 2 aliphatic rings. The molecule has 1 aliphatic carbocycles. The third kappa shape index (κ3) is 3.18. The highest BCUT2D eigenvalue weighted by molar-refractivity contribution is 5.90. The Morgan fingerprint density at radius 3 is 2.69 bits per heavy atom. The first kappa shape index (κ1) is 19.5. The molecule has 0 atom stereocenters. The number of hydrogen-bond acceptors (Lipinski definition) is 6. The quantitative estimate of drug-likeness (QED) is 0.514. The molecule has 4 aromatic rings. The molecular weight excluding hydrogens is 404 g/mol. The standard InChI is InChI=1S/C24H26N6O2/c25-24-23-20(21-4-7-27-29(21)18-5-8-32-9-6-18)13-22(30(23)28-14-26-24)16-3-1-2-15(10-16)17-11-19(31)12-17/h1-4,7,10,13-14,17-19,31H,5-6,8-9,11-12H2,(H2,25,26,28). The molecule has 1 aromatic carbocycles. The van der Waals surface area contributed by atoms with E-state index in [0.29, 0.717) is 17.8 Å². The lowest BCUT2D eigenvalue weighted by molar-refractivity contribution is 0.0667. The van der Waals surface area contributed by atoms with Gasteiger partial charge in [0.05, 0.1) is 23.5 Å². The van der Waals surface area contributed by atoms with Gasteiger partial charge < -0.3 is 15.6 Å². The minimum Gasteiger partial charge on any atom is -0.393 e. The highest BCUT2D eigenvalue weighted by atomic mass is 16.5. The van der Waals surface area contributed by atoms with Crippen molar-refractivity contribution in [1.82, 2.24) is 24.4 Å². The molecule has 4 heterocycles. The van der Waals surface area contributed by atoms with Gasteiger partial charge in [0, 0.05) is 30.5 Å². The van der Waals surface area contributed by atoms with Crippen LogP contribution in [0.25, 0.3) is 28.0 Å². The molecule has 164 valence electrons. The molecule has 1 saturated carbocycles. The summed E-state index contributed by atoms with van der Waals surface area (Å²) in [5.41, 5.74) is 12.4. The number of nitrogen functional groups attached to an aromatic ring is 1. The molecule has 0 spiro atoms. The zero-order chi connectivity index (χ0) is 21.7. The van der Waals surface area contributed by atoms with Gasteiger partial charge in [-0.05, 0) is 55.4 Å². The average molecular weight is 431 g/mol. The highest BCUT2D eigenvalue weighted by Crippen LogP contribution is 2.40. The molecule has 2 fully saturated rings. The molecule has 1 saturated heterocycles. The predicted molar refractivity (Wildman–Crippen MR) is 121 cm³/mol. The summed E-state index contributed by atoms with van der Waals surface area (Å²) in [7, 11) is 0. The number of nitrogens with two attached hydrogens (primary N) is 1. The van der Waals surface area contributed by atoms with Gasteiger partial charge >= 0.3 is 0 Å². The lowest BCUT2D eigenvalue weighted by Gasteiger charge is -2.31. The molecule has 0 radical (unpaired) electrons. The fourth-order valence-electron chi connectivity index (χ4n) is 5.03. The minimum atomic E-state index is -0.178. The molecule has 3 N–H and O–H groups in total. The minimum absolute atomic E-state index is 0.178. The van der Waals surface area contributed by atoms with E-state index >= 15 is 0 Å². The number of aromatic nitrogens is 5. The summed E-state index contributed by atoms with van der Waals surface area (Å²) >= 11 is 0. The Hall–Kier alpha value is -3.23. The van der Waals surface area contributed by atoms with E-state index in [1.165, 1.54) is 11.9 Å². The van der Waals surface area contributed by atoms with Gasteiger partial charge in [-0.25, -0.2) is 9.50 Å². The predicted octanol–water partition coefficient (Wildman–Crippen LogP) is 3.43. The van der Waals surface area contributed by atoms with Crippen LogP contribution in [0.15, 0.2) is 48.9 Å². The lowest BCUT2D eigenvalue weighted by atomic mass is 9.77. The van der Waals surface area contributed by atoms with Gasteiger partial charge in [0.2, 0.25) is 0 Å². The number of ether oxygens (including phenoxy) is 1. The monoisotopic (exact) mass is 430 g/mol. The van der Waals surface area contributed by atoms with E-state index in [1.54, 1.807) is 0 Å². The van der Waals surface area contributed by atoms with Crippen LogP contribution in [0.1, 0.15) is 43.2 Å². The molecule has 0 unspecified atom stereocenters. The van der Waals surface area contributed by atoms with E-state index < -0.39 is 0 Å². The van der Waals surface area contributed by atoms with Crippen LogP contribution in [0, 0.1) is 0 Å². The third-order valence-corrected chi connectivity index (χ3v) is 6.83. The Kier molecular flexibility index (Phi) is 4.69. The summed E-state index contributed by atoms with van der Waals surface area (Å²) < 4.78 is 9.52. The number of anilines is 1. The Balaban J connectivity index is 1.48. The summed E-state index contributed by atoms with van der Waals surface area (Å²) in [6, 6.07) is 13.0. The number of nitrogens with zero attached hydrogens (tertiary/aromatic N) is 5. The fourth-order valence-corrected chi connectivity index (χ4v) is 5.03. The number of hydrogen-bond donors (Lipinski definition) is 2. The molecule has 8 heteroatoms. The third-order valence-electron chi connectivity index (χ3n) is 6.83. The molecule has 0 bridgehead atoms. The largest absolute Gasteiger partial charge is 0.393 e. The topological polar surface area (TPSA) is 103 Å². The van der Waals surface area contributed by atoms with Crippen molar-refractivity contribution in [2.24, 2.45) is 0 Å². The van der Waals surface area contributed by atoms with Crippen molar-refractivity contribution in [3.63, 3.8) is 0 Å². The van der Waals surface area contributed by atoms with E-state index in [9.17, 15) is 5.11 Å². The van der Waals surface area contributed by atoms with E-state index in [1.807, 2.05) is 16.8 Å². The molecule has 8 nitrogen and oxygen atoms in total. The molecule has 32 heavy (non-hydrogen) atoms. The van der Waals surface area contributed by atoms with E-state index in [2.05, 4.69) is 50.2 Å². The van der Waals surface area contributed by atoms with Gasteiger partial charge in [-0.2, -0.15) is 10.2 Å². The second kappa shape index (κ2) is 7.72. The fraction of sp³-hybridized carbons (Fsp3) is 0.375. The lowest BCUT2D eigenvalue weighted by Crippen LogP contribution is -2.26. The van der Waals surface area contributed by atoms with Crippen LogP contribution in [0.2, 0.25) is 0 Å². The molecule has 3 aromatic heterocycles. The van der Waals surface area contributed by atoms with E-state index in [-0.39, 0.29) is 6.10 Å². The van der Waals surface area contributed by atoms with Gasteiger partial charge in [0.25, 0.3) is 0 Å². The Morgan fingerprint density at radius 2 is 1.88 bits per heavy atom. The maximum absolute atomic E-state index is 9.73. The SMILES string of the molecule is Nc1ncnn2c(-c3cccc(C4CC(O)C4)c3)cc(-c3ccnn3C3CCOCC3)c12. The van der Waals surface area contributed by atoms with Crippen LogP contribution in [0.5, 0.6) is 0 Å². The Bertz CT molecular complexity index is 1270. The average Bonchev–Trinajstić information content (AvgIpc) is 3.43. The van der Waals surface area contributed by atoms with Crippen molar-refractivity contribution in [3.8, 4) is 22.5 Å². The zero-order valence-electron chi connectivity index (χ0n) is 17.8. The summed E-state index contributed by atoms with van der Waals surface area (Å²) in [5.74, 6) is 0.851. The van der Waals surface area contributed by atoms with Crippen molar-refractivity contribution in [3.05, 3.63) is 54.5 Å². The number of benzene rings is 1. The van der Waals surface area contributed by atoms with Crippen LogP contribution < -0.4 is 5.73 Å². The van der Waals surface area contributed by atoms with Gasteiger partial charge in [-0.3, -0.25) is 4.68 Å². The summed E-state index contributed by atoms with van der Waals surface area (Å²) in [6.45, 7) is 1.50.